The van der Waals surface area contributed by atoms with Crippen LogP contribution in [0.5, 0.6) is 5.75 Å². The predicted molar refractivity (Wildman–Crippen MR) is 62.6 cm³/mol. The highest BCUT2D eigenvalue weighted by Gasteiger charge is 2.10. The molecule has 0 aliphatic carbocycles. The van der Waals surface area contributed by atoms with Gasteiger partial charge in [0.05, 0.1) is 12.2 Å². The molecule has 3 heteroatoms. The van der Waals surface area contributed by atoms with E-state index < -0.39 is 0 Å². The molecule has 0 aliphatic rings. The summed E-state index contributed by atoms with van der Waals surface area (Å²) in [5, 5.41) is 9.64. The van der Waals surface area contributed by atoms with Gasteiger partial charge < -0.3 is 9.84 Å². The molecule has 0 radical (unpaired) electrons. The number of esters is 1. The maximum atomic E-state index is 11.5. The Kier molecular flexibility index (Phi) is 4.35. The van der Waals surface area contributed by atoms with Crippen LogP contribution in [0, 0.1) is 5.92 Å². The SMILES string of the molecule is CCOC(=O)c1ccc(O)c(CC(C)C)c1. The van der Waals surface area contributed by atoms with Gasteiger partial charge in [0.15, 0.2) is 0 Å². The van der Waals surface area contributed by atoms with Gasteiger partial charge in [-0.15, -0.1) is 0 Å². The first-order valence-electron chi connectivity index (χ1n) is 5.53. The van der Waals surface area contributed by atoms with E-state index in [9.17, 15) is 9.90 Å². The van der Waals surface area contributed by atoms with Gasteiger partial charge >= 0.3 is 5.97 Å². The average molecular weight is 222 g/mol. The molecule has 0 amide bonds. The van der Waals surface area contributed by atoms with Crippen molar-refractivity contribution in [3.8, 4) is 5.75 Å². The van der Waals surface area contributed by atoms with E-state index in [0.29, 0.717) is 18.1 Å². The maximum absolute atomic E-state index is 11.5. The second kappa shape index (κ2) is 5.54. The third-order valence-electron chi connectivity index (χ3n) is 2.22. The molecule has 0 aliphatic heterocycles. The van der Waals surface area contributed by atoms with Crippen LogP contribution in [0.25, 0.3) is 0 Å². The van der Waals surface area contributed by atoms with E-state index in [1.54, 1.807) is 25.1 Å². The lowest BCUT2D eigenvalue weighted by Gasteiger charge is -2.09. The number of carbonyl (C=O) groups is 1. The van der Waals surface area contributed by atoms with E-state index in [2.05, 4.69) is 13.8 Å². The molecule has 0 fully saturated rings. The molecule has 0 saturated heterocycles. The molecule has 16 heavy (non-hydrogen) atoms. The minimum absolute atomic E-state index is 0.238. The standard InChI is InChI=1S/C13H18O3/c1-4-16-13(15)10-5-6-12(14)11(8-10)7-9(2)3/h5-6,8-9,14H,4,7H2,1-3H3. The Hall–Kier alpha value is -1.51. The molecular formula is C13H18O3. The maximum Gasteiger partial charge on any atom is 0.338 e. The van der Waals surface area contributed by atoms with Crippen LogP contribution >= 0.6 is 0 Å². The first kappa shape index (κ1) is 12.6. The molecule has 0 saturated carbocycles. The second-order valence-corrected chi connectivity index (χ2v) is 4.16. The van der Waals surface area contributed by atoms with Crippen LogP contribution in [0.2, 0.25) is 0 Å². The number of aromatic hydroxyl groups is 1. The van der Waals surface area contributed by atoms with E-state index in [1.165, 1.54) is 0 Å². The summed E-state index contributed by atoms with van der Waals surface area (Å²) in [6.07, 6.45) is 0.749. The number of hydrogen-bond acceptors (Lipinski definition) is 3. The van der Waals surface area contributed by atoms with Gasteiger partial charge in [-0.25, -0.2) is 4.79 Å². The van der Waals surface area contributed by atoms with E-state index in [1.807, 2.05) is 0 Å². The number of benzene rings is 1. The smallest absolute Gasteiger partial charge is 0.338 e. The van der Waals surface area contributed by atoms with E-state index >= 15 is 0 Å². The predicted octanol–water partition coefficient (Wildman–Crippen LogP) is 2.77. The molecule has 0 heterocycles. The zero-order valence-corrected chi connectivity index (χ0v) is 9.99. The second-order valence-electron chi connectivity index (χ2n) is 4.16. The van der Waals surface area contributed by atoms with Crippen molar-refractivity contribution < 1.29 is 14.6 Å². The lowest BCUT2D eigenvalue weighted by Crippen LogP contribution is -2.05. The molecule has 1 N–H and O–H groups in total. The van der Waals surface area contributed by atoms with Crippen LogP contribution in [-0.4, -0.2) is 17.7 Å². The van der Waals surface area contributed by atoms with Crippen LogP contribution in [-0.2, 0) is 11.2 Å². The summed E-state index contributed by atoms with van der Waals surface area (Å²) in [7, 11) is 0. The van der Waals surface area contributed by atoms with E-state index in [-0.39, 0.29) is 11.7 Å². The van der Waals surface area contributed by atoms with Crippen LogP contribution in [0.4, 0.5) is 0 Å². The molecule has 0 atom stereocenters. The van der Waals surface area contributed by atoms with Crippen molar-refractivity contribution in [2.24, 2.45) is 5.92 Å². The van der Waals surface area contributed by atoms with Gasteiger partial charge in [-0.3, -0.25) is 0 Å². The Bertz CT molecular complexity index is 369. The fourth-order valence-corrected chi connectivity index (χ4v) is 1.53. The normalized spacial score (nSPS) is 10.5. The van der Waals surface area contributed by atoms with Crippen LogP contribution in [0.15, 0.2) is 18.2 Å². The summed E-state index contributed by atoms with van der Waals surface area (Å²) in [6.45, 7) is 6.26. The summed E-state index contributed by atoms with van der Waals surface area (Å²) in [4.78, 5) is 11.5. The Morgan fingerprint density at radius 3 is 2.69 bits per heavy atom. The highest BCUT2D eigenvalue weighted by atomic mass is 16.5. The van der Waals surface area contributed by atoms with Crippen molar-refractivity contribution in [3.63, 3.8) is 0 Å². The average Bonchev–Trinajstić information content (AvgIpc) is 2.21. The Balaban J connectivity index is 2.93. The molecule has 1 rings (SSSR count). The number of hydrogen-bond donors (Lipinski definition) is 1. The molecule has 0 spiro atoms. The Morgan fingerprint density at radius 2 is 2.12 bits per heavy atom. The highest BCUT2D eigenvalue weighted by Crippen LogP contribution is 2.22. The van der Waals surface area contributed by atoms with Gasteiger partial charge in [-0.05, 0) is 43.0 Å². The van der Waals surface area contributed by atoms with Crippen molar-refractivity contribution in [2.45, 2.75) is 27.2 Å². The molecule has 1 aromatic carbocycles. The summed E-state index contributed by atoms with van der Waals surface area (Å²) < 4.78 is 4.91. The lowest BCUT2D eigenvalue weighted by molar-refractivity contribution is 0.0526. The van der Waals surface area contributed by atoms with Crippen LogP contribution < -0.4 is 0 Å². The third kappa shape index (κ3) is 3.26. The quantitative estimate of drug-likeness (QED) is 0.797. The van der Waals surface area contributed by atoms with Gasteiger partial charge in [-0.1, -0.05) is 13.8 Å². The summed E-state index contributed by atoms with van der Waals surface area (Å²) in [5.41, 5.74) is 1.29. The Morgan fingerprint density at radius 1 is 1.44 bits per heavy atom. The number of carbonyl (C=O) groups excluding carboxylic acids is 1. The van der Waals surface area contributed by atoms with E-state index in [4.69, 9.17) is 4.74 Å². The fourth-order valence-electron chi connectivity index (χ4n) is 1.53. The van der Waals surface area contributed by atoms with Gasteiger partial charge in [0, 0.05) is 0 Å². The van der Waals surface area contributed by atoms with Crippen molar-refractivity contribution >= 4 is 5.97 Å². The van der Waals surface area contributed by atoms with Crippen LogP contribution in [0.3, 0.4) is 0 Å². The molecule has 0 unspecified atom stereocenters. The Labute approximate surface area is 96.1 Å². The van der Waals surface area contributed by atoms with Crippen LogP contribution in [0.1, 0.15) is 36.7 Å². The zero-order chi connectivity index (χ0) is 12.1. The van der Waals surface area contributed by atoms with Crippen molar-refractivity contribution in [3.05, 3.63) is 29.3 Å². The highest BCUT2D eigenvalue weighted by molar-refractivity contribution is 5.89. The molecule has 0 aromatic heterocycles. The number of ether oxygens (including phenoxy) is 1. The van der Waals surface area contributed by atoms with Gasteiger partial charge in [0.25, 0.3) is 0 Å². The minimum atomic E-state index is -0.340. The number of rotatable bonds is 4. The topological polar surface area (TPSA) is 46.5 Å². The van der Waals surface area contributed by atoms with Gasteiger partial charge in [0.2, 0.25) is 0 Å². The third-order valence-corrected chi connectivity index (χ3v) is 2.22. The molecular weight excluding hydrogens is 204 g/mol. The van der Waals surface area contributed by atoms with E-state index in [0.717, 1.165) is 12.0 Å². The summed E-state index contributed by atoms with van der Waals surface area (Å²) in [5.74, 6) is 0.331. The number of phenols is 1. The molecule has 3 nitrogen and oxygen atoms in total. The van der Waals surface area contributed by atoms with Crippen molar-refractivity contribution in [2.75, 3.05) is 6.61 Å². The molecule has 88 valence electrons. The number of phenolic OH excluding ortho intramolecular Hbond substituents is 1. The molecule has 0 bridgehead atoms. The summed E-state index contributed by atoms with van der Waals surface area (Å²) >= 11 is 0. The largest absolute Gasteiger partial charge is 0.508 e. The monoisotopic (exact) mass is 222 g/mol. The van der Waals surface area contributed by atoms with Gasteiger partial charge in [-0.2, -0.15) is 0 Å². The minimum Gasteiger partial charge on any atom is -0.508 e. The van der Waals surface area contributed by atoms with Crippen molar-refractivity contribution in [1.29, 1.82) is 0 Å². The fraction of sp³-hybridized carbons (Fsp3) is 0.462. The lowest BCUT2D eigenvalue weighted by atomic mass is 10.00. The molecule has 1 aromatic rings. The first-order chi connectivity index (χ1) is 7.54. The first-order valence-corrected chi connectivity index (χ1v) is 5.53. The van der Waals surface area contributed by atoms with Crippen molar-refractivity contribution in [1.82, 2.24) is 0 Å². The van der Waals surface area contributed by atoms with Gasteiger partial charge in [0.1, 0.15) is 5.75 Å². The summed E-state index contributed by atoms with van der Waals surface area (Å²) in [6, 6.07) is 4.83. The zero-order valence-electron chi connectivity index (χ0n) is 9.99.